The van der Waals surface area contributed by atoms with E-state index in [1.807, 2.05) is 24.3 Å². The van der Waals surface area contributed by atoms with E-state index in [-0.39, 0.29) is 18.0 Å². The number of ether oxygens (including phenoxy) is 3. The van der Waals surface area contributed by atoms with Gasteiger partial charge < -0.3 is 23.7 Å². The third-order valence-electron chi connectivity index (χ3n) is 7.28. The van der Waals surface area contributed by atoms with Crippen LogP contribution in [0.4, 0.5) is 0 Å². The maximum atomic E-state index is 14.1. The minimum Gasteiger partial charge on any atom is -0.496 e. The molecule has 0 saturated carbocycles. The van der Waals surface area contributed by atoms with Crippen LogP contribution in [0, 0.1) is 6.92 Å². The van der Waals surface area contributed by atoms with Crippen LogP contribution in [0.15, 0.2) is 50.7 Å². The van der Waals surface area contributed by atoms with E-state index in [0.29, 0.717) is 53.0 Å². The SMILES string of the molecule is COc1ccccc1[C@@H](Cn1c(=O)n(C(C)(C)C(=O)O)c(=O)c2c(C)c(-c3ncco3)sc21)OC1CCOCC1. The Morgan fingerprint density at radius 2 is 1.98 bits per heavy atom. The molecule has 0 bridgehead atoms. The van der Waals surface area contributed by atoms with Crippen LogP contribution in [-0.2, 0) is 26.4 Å². The van der Waals surface area contributed by atoms with Crippen molar-refractivity contribution in [3.8, 4) is 16.5 Å². The number of benzene rings is 1. The van der Waals surface area contributed by atoms with Gasteiger partial charge in [-0.1, -0.05) is 18.2 Å². The smallest absolute Gasteiger partial charge is 0.333 e. The molecule has 0 amide bonds. The minimum atomic E-state index is -1.82. The molecule has 40 heavy (non-hydrogen) atoms. The molecule has 1 fully saturated rings. The van der Waals surface area contributed by atoms with Gasteiger partial charge in [0.2, 0.25) is 5.89 Å². The maximum absolute atomic E-state index is 14.1. The minimum absolute atomic E-state index is 0.00796. The lowest BCUT2D eigenvalue weighted by Crippen LogP contribution is -2.52. The molecule has 1 atom stereocenters. The second-order valence-electron chi connectivity index (χ2n) is 10.1. The van der Waals surface area contributed by atoms with Gasteiger partial charge in [0, 0.05) is 18.8 Å². The summed E-state index contributed by atoms with van der Waals surface area (Å²) < 4.78 is 25.5. The van der Waals surface area contributed by atoms with Crippen molar-refractivity contribution in [2.45, 2.75) is 57.9 Å². The van der Waals surface area contributed by atoms with Crippen LogP contribution in [0.5, 0.6) is 5.75 Å². The molecule has 1 saturated heterocycles. The van der Waals surface area contributed by atoms with Crippen LogP contribution >= 0.6 is 11.3 Å². The second-order valence-corrected chi connectivity index (χ2v) is 11.1. The molecule has 3 aromatic heterocycles. The molecule has 12 heteroatoms. The van der Waals surface area contributed by atoms with E-state index in [9.17, 15) is 19.5 Å². The van der Waals surface area contributed by atoms with Crippen molar-refractivity contribution in [3.63, 3.8) is 0 Å². The van der Waals surface area contributed by atoms with Crippen molar-refractivity contribution >= 4 is 27.5 Å². The third kappa shape index (κ3) is 4.87. The Bertz CT molecular complexity index is 1640. The number of methoxy groups -OCH3 is 1. The molecule has 0 spiro atoms. The molecule has 4 heterocycles. The highest BCUT2D eigenvalue weighted by atomic mass is 32.1. The van der Waals surface area contributed by atoms with E-state index in [1.165, 1.54) is 42.2 Å². The summed E-state index contributed by atoms with van der Waals surface area (Å²) in [6.45, 7) is 5.54. The molecule has 5 rings (SSSR count). The number of nitrogens with zero attached hydrogens (tertiary/aromatic N) is 3. The lowest BCUT2D eigenvalue weighted by atomic mass is 10.0. The second kappa shape index (κ2) is 11.0. The maximum Gasteiger partial charge on any atom is 0.333 e. The van der Waals surface area contributed by atoms with Crippen molar-refractivity contribution in [1.29, 1.82) is 0 Å². The van der Waals surface area contributed by atoms with Gasteiger partial charge in [-0.3, -0.25) is 9.36 Å². The molecule has 212 valence electrons. The topological polar surface area (TPSA) is 135 Å². The Kier molecular flexibility index (Phi) is 7.67. The van der Waals surface area contributed by atoms with Crippen LogP contribution in [0.3, 0.4) is 0 Å². The summed E-state index contributed by atoms with van der Waals surface area (Å²) in [6, 6.07) is 7.40. The highest BCUT2D eigenvalue weighted by molar-refractivity contribution is 7.22. The molecular weight excluding hydrogens is 538 g/mol. The van der Waals surface area contributed by atoms with E-state index in [4.69, 9.17) is 18.6 Å². The van der Waals surface area contributed by atoms with Crippen molar-refractivity contribution in [1.82, 2.24) is 14.1 Å². The number of hydrogen-bond acceptors (Lipinski definition) is 9. The van der Waals surface area contributed by atoms with Gasteiger partial charge in [0.05, 0.1) is 36.2 Å². The predicted octanol–water partition coefficient (Wildman–Crippen LogP) is 3.95. The first-order valence-electron chi connectivity index (χ1n) is 12.9. The summed E-state index contributed by atoms with van der Waals surface area (Å²) >= 11 is 1.20. The monoisotopic (exact) mass is 569 g/mol. The number of carbonyl (C=O) groups is 1. The van der Waals surface area contributed by atoms with Crippen LogP contribution in [0.25, 0.3) is 21.0 Å². The Balaban J connectivity index is 1.76. The zero-order valence-corrected chi connectivity index (χ0v) is 23.5. The van der Waals surface area contributed by atoms with Gasteiger partial charge in [-0.2, -0.15) is 0 Å². The van der Waals surface area contributed by atoms with Crippen LogP contribution in [0.2, 0.25) is 0 Å². The normalized spacial score (nSPS) is 15.4. The summed E-state index contributed by atoms with van der Waals surface area (Å²) in [5.74, 6) is -0.412. The van der Waals surface area contributed by atoms with Crippen molar-refractivity contribution in [2.24, 2.45) is 0 Å². The number of aliphatic carboxylic acids is 1. The lowest BCUT2D eigenvalue weighted by molar-refractivity contribution is -0.146. The Labute approximate surface area is 233 Å². The van der Waals surface area contributed by atoms with Gasteiger partial charge in [-0.25, -0.2) is 19.1 Å². The largest absolute Gasteiger partial charge is 0.496 e. The van der Waals surface area contributed by atoms with Gasteiger partial charge in [0.25, 0.3) is 5.56 Å². The van der Waals surface area contributed by atoms with Gasteiger partial charge in [-0.05, 0) is 45.2 Å². The van der Waals surface area contributed by atoms with Gasteiger partial charge in [-0.15, -0.1) is 11.3 Å². The number of para-hydroxylation sites is 1. The molecule has 1 aliphatic heterocycles. The van der Waals surface area contributed by atoms with Gasteiger partial charge in [0.1, 0.15) is 28.5 Å². The Morgan fingerprint density at radius 3 is 2.62 bits per heavy atom. The summed E-state index contributed by atoms with van der Waals surface area (Å²) in [7, 11) is 1.57. The fourth-order valence-electron chi connectivity index (χ4n) is 4.99. The number of thiophene rings is 1. The number of carboxylic acid groups (broad SMARTS) is 1. The number of oxazole rings is 1. The average molecular weight is 570 g/mol. The lowest BCUT2D eigenvalue weighted by Gasteiger charge is -2.30. The highest BCUT2D eigenvalue weighted by Crippen LogP contribution is 2.37. The van der Waals surface area contributed by atoms with Crippen molar-refractivity contribution in [3.05, 3.63) is 68.7 Å². The number of carboxylic acids is 1. The third-order valence-corrected chi connectivity index (χ3v) is 8.58. The fraction of sp³-hybridized carbons (Fsp3) is 0.429. The molecule has 4 aromatic rings. The first-order chi connectivity index (χ1) is 19.1. The molecule has 0 unspecified atom stereocenters. The average Bonchev–Trinajstić information content (AvgIpc) is 3.59. The van der Waals surface area contributed by atoms with Crippen LogP contribution in [-0.4, -0.2) is 51.6 Å². The summed E-state index contributed by atoms with van der Waals surface area (Å²) in [5.41, 5.74) is -1.97. The quantitative estimate of drug-likeness (QED) is 0.318. The number of aryl methyl sites for hydroxylation is 1. The first kappa shape index (κ1) is 27.8. The van der Waals surface area contributed by atoms with E-state index in [1.54, 1.807) is 14.0 Å². The molecule has 1 aliphatic rings. The number of rotatable bonds is 9. The molecule has 0 aliphatic carbocycles. The van der Waals surface area contributed by atoms with E-state index in [2.05, 4.69) is 4.98 Å². The predicted molar refractivity (Wildman–Crippen MR) is 148 cm³/mol. The fourth-order valence-corrected chi connectivity index (χ4v) is 6.23. The number of fused-ring (bicyclic) bond motifs is 1. The summed E-state index contributed by atoms with van der Waals surface area (Å²) in [4.78, 5) is 45.4. The number of hydrogen-bond donors (Lipinski definition) is 1. The standard InChI is InChI=1S/C28H31N3O8S/c1-16-21-24(32)31(28(2,3)26(33)34)27(35)30(25(21)40-22(16)23-29-11-14-38-23)15-20(39-17-9-12-37-13-10-17)18-7-5-6-8-19(18)36-4/h5-8,11,14,17,20H,9-10,12-13,15H2,1-4H3,(H,33,34)/t20-/m1/s1. The van der Waals surface area contributed by atoms with Crippen molar-refractivity contribution < 1.29 is 28.5 Å². The first-order valence-corrected chi connectivity index (χ1v) is 13.8. The Hall–Kier alpha value is -3.74. The summed E-state index contributed by atoms with van der Waals surface area (Å²) in [5, 5.41) is 10.2. The van der Waals surface area contributed by atoms with E-state index in [0.717, 1.165) is 10.1 Å². The van der Waals surface area contributed by atoms with Gasteiger partial charge in [0.15, 0.2) is 0 Å². The van der Waals surface area contributed by atoms with E-state index >= 15 is 0 Å². The summed E-state index contributed by atoms with van der Waals surface area (Å²) in [6.07, 6.45) is 3.53. The molecule has 1 aromatic carbocycles. The zero-order chi connectivity index (χ0) is 28.6. The molecule has 11 nitrogen and oxygen atoms in total. The van der Waals surface area contributed by atoms with Crippen LogP contribution < -0.4 is 16.0 Å². The van der Waals surface area contributed by atoms with Crippen LogP contribution in [0.1, 0.15) is 43.9 Å². The van der Waals surface area contributed by atoms with E-state index < -0.39 is 28.9 Å². The highest BCUT2D eigenvalue weighted by Gasteiger charge is 2.36. The molecular formula is C28H31N3O8S. The number of aromatic nitrogens is 3. The zero-order valence-electron chi connectivity index (χ0n) is 22.7. The molecule has 0 radical (unpaired) electrons. The Morgan fingerprint density at radius 1 is 1.25 bits per heavy atom. The molecule has 1 N–H and O–H groups in total. The van der Waals surface area contributed by atoms with Crippen molar-refractivity contribution in [2.75, 3.05) is 20.3 Å². The van der Waals surface area contributed by atoms with Gasteiger partial charge >= 0.3 is 11.7 Å².